The lowest BCUT2D eigenvalue weighted by atomic mass is 10.2. The zero-order chi connectivity index (χ0) is 13.8. The van der Waals surface area contributed by atoms with Crippen molar-refractivity contribution in [1.82, 2.24) is 10.2 Å². The zero-order valence-corrected chi connectivity index (χ0v) is 12.8. The van der Waals surface area contributed by atoms with Gasteiger partial charge >= 0.3 is 0 Å². The molecule has 1 unspecified atom stereocenters. The average molecular weight is 264 g/mol. The van der Waals surface area contributed by atoms with Crippen molar-refractivity contribution < 1.29 is 4.42 Å². The number of nitrogens with one attached hydrogen (secondary N) is 1. The number of rotatable bonds is 8. The molecule has 1 aromatic rings. The molecule has 1 aliphatic rings. The minimum atomic E-state index is 0.614. The Balaban J connectivity index is 1.93. The highest BCUT2D eigenvalue weighted by Gasteiger charge is 2.21. The van der Waals surface area contributed by atoms with Gasteiger partial charge in [0.05, 0.1) is 6.54 Å². The van der Waals surface area contributed by atoms with Gasteiger partial charge in [0, 0.05) is 24.2 Å². The third kappa shape index (κ3) is 4.08. The van der Waals surface area contributed by atoms with Crippen LogP contribution >= 0.6 is 0 Å². The van der Waals surface area contributed by atoms with E-state index in [1.165, 1.54) is 24.8 Å². The number of hydrogen-bond acceptors (Lipinski definition) is 3. The van der Waals surface area contributed by atoms with E-state index in [0.29, 0.717) is 6.04 Å². The van der Waals surface area contributed by atoms with Crippen LogP contribution in [0.4, 0.5) is 0 Å². The molecule has 1 N–H and O–H groups in total. The summed E-state index contributed by atoms with van der Waals surface area (Å²) in [6.07, 6.45) is 3.85. The summed E-state index contributed by atoms with van der Waals surface area (Å²) in [6, 6.07) is 3.60. The summed E-state index contributed by atoms with van der Waals surface area (Å²) in [4.78, 5) is 2.47. The first-order valence-corrected chi connectivity index (χ1v) is 7.69. The summed E-state index contributed by atoms with van der Waals surface area (Å²) < 4.78 is 5.91. The highest BCUT2D eigenvalue weighted by atomic mass is 16.3. The third-order valence-corrected chi connectivity index (χ3v) is 4.21. The lowest BCUT2D eigenvalue weighted by Crippen LogP contribution is -2.31. The van der Waals surface area contributed by atoms with Gasteiger partial charge in [-0.05, 0) is 45.7 Å². The molecular formula is C16H28N2O. The normalized spacial score (nSPS) is 17.1. The fourth-order valence-electron chi connectivity index (χ4n) is 2.42. The van der Waals surface area contributed by atoms with Gasteiger partial charge in [-0.2, -0.15) is 0 Å². The maximum Gasteiger partial charge on any atom is 0.118 e. The van der Waals surface area contributed by atoms with Crippen LogP contribution in [0.15, 0.2) is 10.5 Å². The van der Waals surface area contributed by atoms with Crippen LogP contribution < -0.4 is 5.32 Å². The van der Waals surface area contributed by atoms with Crippen molar-refractivity contribution >= 4 is 0 Å². The molecule has 1 aliphatic carbocycles. The Labute approximate surface area is 117 Å². The molecule has 1 atom stereocenters. The molecule has 0 bridgehead atoms. The van der Waals surface area contributed by atoms with Crippen molar-refractivity contribution in [2.45, 2.75) is 72.1 Å². The standard InChI is InChI=1S/C16H28N2O/c1-5-12(3)18(6-2)11-16-9-14(13(4)19-16)10-17-15-7-8-15/h9,12,15,17H,5-8,10-11H2,1-4H3. The van der Waals surface area contributed by atoms with Gasteiger partial charge in [0.25, 0.3) is 0 Å². The van der Waals surface area contributed by atoms with Crippen molar-refractivity contribution in [2.24, 2.45) is 0 Å². The molecule has 1 fully saturated rings. The Morgan fingerprint density at radius 2 is 2.16 bits per heavy atom. The second-order valence-corrected chi connectivity index (χ2v) is 5.77. The van der Waals surface area contributed by atoms with E-state index in [2.05, 4.69) is 44.0 Å². The first-order valence-electron chi connectivity index (χ1n) is 7.69. The van der Waals surface area contributed by atoms with E-state index in [0.717, 1.165) is 37.2 Å². The van der Waals surface area contributed by atoms with E-state index in [1.54, 1.807) is 0 Å². The molecule has 0 radical (unpaired) electrons. The fourth-order valence-corrected chi connectivity index (χ4v) is 2.42. The van der Waals surface area contributed by atoms with Gasteiger partial charge in [0.15, 0.2) is 0 Å². The fraction of sp³-hybridized carbons (Fsp3) is 0.750. The molecule has 1 saturated carbocycles. The smallest absolute Gasteiger partial charge is 0.118 e. The lowest BCUT2D eigenvalue weighted by Gasteiger charge is -2.25. The topological polar surface area (TPSA) is 28.4 Å². The molecule has 3 nitrogen and oxygen atoms in total. The van der Waals surface area contributed by atoms with Crippen LogP contribution in [-0.2, 0) is 13.1 Å². The van der Waals surface area contributed by atoms with E-state index >= 15 is 0 Å². The molecule has 0 saturated heterocycles. The van der Waals surface area contributed by atoms with Crippen LogP contribution in [0.1, 0.15) is 57.1 Å². The third-order valence-electron chi connectivity index (χ3n) is 4.21. The molecule has 3 heteroatoms. The second kappa shape index (κ2) is 6.58. The Kier molecular flexibility index (Phi) is 5.06. The van der Waals surface area contributed by atoms with Crippen LogP contribution in [0.3, 0.4) is 0 Å². The first-order chi connectivity index (χ1) is 9.13. The van der Waals surface area contributed by atoms with Crippen molar-refractivity contribution in [3.63, 3.8) is 0 Å². The van der Waals surface area contributed by atoms with Gasteiger partial charge in [-0.1, -0.05) is 13.8 Å². The van der Waals surface area contributed by atoms with E-state index in [4.69, 9.17) is 4.42 Å². The van der Waals surface area contributed by atoms with Gasteiger partial charge in [0.2, 0.25) is 0 Å². The summed E-state index contributed by atoms with van der Waals surface area (Å²) in [5, 5.41) is 3.55. The Hall–Kier alpha value is -0.800. The van der Waals surface area contributed by atoms with Gasteiger partial charge in [-0.25, -0.2) is 0 Å². The zero-order valence-electron chi connectivity index (χ0n) is 12.8. The van der Waals surface area contributed by atoms with Crippen LogP contribution in [0.5, 0.6) is 0 Å². The van der Waals surface area contributed by atoms with Crippen LogP contribution in [0.25, 0.3) is 0 Å². The van der Waals surface area contributed by atoms with Crippen LogP contribution in [0.2, 0.25) is 0 Å². The number of nitrogens with zero attached hydrogens (tertiary/aromatic N) is 1. The first kappa shape index (κ1) is 14.6. The number of furan rings is 1. The molecule has 1 aromatic heterocycles. The molecule has 2 rings (SSSR count). The van der Waals surface area contributed by atoms with E-state index in [9.17, 15) is 0 Å². The predicted octanol–water partition coefficient (Wildman–Crippen LogP) is 3.46. The molecule has 0 aromatic carbocycles. The van der Waals surface area contributed by atoms with E-state index in [-0.39, 0.29) is 0 Å². The summed E-state index contributed by atoms with van der Waals surface area (Å²) in [6.45, 7) is 11.8. The Morgan fingerprint density at radius 1 is 1.42 bits per heavy atom. The van der Waals surface area contributed by atoms with Crippen molar-refractivity contribution in [3.8, 4) is 0 Å². The average Bonchev–Trinajstić information content (AvgIpc) is 3.17. The molecule has 0 amide bonds. The molecule has 0 spiro atoms. The van der Waals surface area contributed by atoms with Gasteiger partial charge in [-0.15, -0.1) is 0 Å². The molecule has 1 heterocycles. The largest absolute Gasteiger partial charge is 0.465 e. The maximum atomic E-state index is 5.91. The van der Waals surface area contributed by atoms with Crippen molar-refractivity contribution in [3.05, 3.63) is 23.2 Å². The quantitative estimate of drug-likeness (QED) is 0.779. The monoisotopic (exact) mass is 264 g/mol. The predicted molar refractivity (Wildman–Crippen MR) is 79.1 cm³/mol. The van der Waals surface area contributed by atoms with Gasteiger partial charge < -0.3 is 9.73 Å². The Morgan fingerprint density at radius 3 is 2.74 bits per heavy atom. The molecule has 108 valence electrons. The van der Waals surface area contributed by atoms with E-state index < -0.39 is 0 Å². The van der Waals surface area contributed by atoms with Crippen molar-refractivity contribution in [2.75, 3.05) is 6.54 Å². The molecular weight excluding hydrogens is 236 g/mol. The summed E-state index contributed by atoms with van der Waals surface area (Å²) in [5.41, 5.74) is 1.32. The number of hydrogen-bond donors (Lipinski definition) is 1. The summed E-state index contributed by atoms with van der Waals surface area (Å²) >= 11 is 0. The summed E-state index contributed by atoms with van der Waals surface area (Å²) in [5.74, 6) is 2.18. The van der Waals surface area contributed by atoms with Gasteiger partial charge in [0.1, 0.15) is 11.5 Å². The molecule has 19 heavy (non-hydrogen) atoms. The Bertz CT molecular complexity index is 395. The van der Waals surface area contributed by atoms with Crippen LogP contribution in [-0.4, -0.2) is 23.5 Å². The summed E-state index contributed by atoms with van der Waals surface area (Å²) in [7, 11) is 0. The van der Waals surface area contributed by atoms with Crippen LogP contribution in [0, 0.1) is 6.92 Å². The minimum Gasteiger partial charge on any atom is -0.465 e. The van der Waals surface area contributed by atoms with Gasteiger partial charge in [-0.3, -0.25) is 4.90 Å². The maximum absolute atomic E-state index is 5.91. The highest BCUT2D eigenvalue weighted by molar-refractivity contribution is 5.21. The highest BCUT2D eigenvalue weighted by Crippen LogP contribution is 2.22. The van der Waals surface area contributed by atoms with Crippen molar-refractivity contribution in [1.29, 1.82) is 0 Å². The lowest BCUT2D eigenvalue weighted by molar-refractivity contribution is 0.189. The molecule has 0 aliphatic heterocycles. The minimum absolute atomic E-state index is 0.614. The van der Waals surface area contributed by atoms with E-state index in [1.807, 2.05) is 0 Å². The SMILES string of the molecule is CCC(C)N(CC)Cc1cc(CNC2CC2)c(C)o1. The second-order valence-electron chi connectivity index (χ2n) is 5.77. The number of aryl methyl sites for hydroxylation is 1.